The van der Waals surface area contributed by atoms with Gasteiger partial charge in [0.05, 0.1) is 23.2 Å². The molecule has 7 nitrogen and oxygen atoms in total. The second kappa shape index (κ2) is 10.2. The van der Waals surface area contributed by atoms with Crippen LogP contribution in [0.5, 0.6) is 5.75 Å². The molecule has 2 aromatic carbocycles. The molecule has 0 spiro atoms. The normalized spacial score (nSPS) is 15.1. The van der Waals surface area contributed by atoms with Gasteiger partial charge < -0.3 is 14.5 Å². The topological polar surface area (TPSA) is 71.9 Å². The van der Waals surface area contributed by atoms with Gasteiger partial charge in [0.25, 0.3) is 26.1 Å². The van der Waals surface area contributed by atoms with Crippen molar-refractivity contribution in [1.29, 1.82) is 0 Å². The van der Waals surface area contributed by atoms with Crippen LogP contribution in [-0.4, -0.2) is 60.3 Å². The van der Waals surface area contributed by atoms with E-state index in [-0.39, 0.29) is 28.9 Å². The minimum atomic E-state index is -4.25. The number of hydrogen-bond donors (Lipinski definition) is 0. The van der Waals surface area contributed by atoms with Gasteiger partial charge in [-0.05, 0) is 36.4 Å². The summed E-state index contributed by atoms with van der Waals surface area (Å²) in [5.74, 6) is -0.235. The molecular formula is C22H19BrCl3F2N3O4S. The molecule has 4 rings (SSSR count). The standard InChI is InChI=1S/C22H19BrCl3F2N3O4S/c1-35-19-5-3-14(11-18(19)29-6-8-30(9-7-29)21(32)22(24,25)26)36(33,34)31-12-16(20(27)28)15-10-13(23)2-4-17(15)31/h2-5,10-12,20H,6-9H2,1H3. The van der Waals surface area contributed by atoms with Crippen molar-refractivity contribution < 1.29 is 26.7 Å². The van der Waals surface area contributed by atoms with E-state index in [1.807, 2.05) is 4.90 Å². The molecule has 14 heteroatoms. The molecule has 1 aliphatic rings. The molecule has 0 bridgehead atoms. The quantitative estimate of drug-likeness (QED) is 0.338. The van der Waals surface area contributed by atoms with Crippen LogP contribution in [0.15, 0.2) is 52.0 Å². The number of methoxy groups -OCH3 is 1. The van der Waals surface area contributed by atoms with Crippen LogP contribution < -0.4 is 9.64 Å². The molecule has 0 atom stereocenters. The van der Waals surface area contributed by atoms with Crippen molar-refractivity contribution >= 4 is 83.3 Å². The van der Waals surface area contributed by atoms with Crippen LogP contribution in [0.4, 0.5) is 14.5 Å². The fraction of sp³-hybridized carbons (Fsp3) is 0.318. The predicted octanol–water partition coefficient (Wildman–Crippen LogP) is 5.61. The van der Waals surface area contributed by atoms with Gasteiger partial charge in [0.1, 0.15) is 5.75 Å². The van der Waals surface area contributed by atoms with Crippen LogP contribution in [0, 0.1) is 0 Å². The van der Waals surface area contributed by atoms with Gasteiger partial charge in [0.15, 0.2) is 0 Å². The average molecular weight is 646 g/mol. The van der Waals surface area contributed by atoms with Crippen molar-refractivity contribution in [2.45, 2.75) is 15.1 Å². The third-order valence-corrected chi connectivity index (χ3v) is 8.50. The molecule has 0 aliphatic carbocycles. The van der Waals surface area contributed by atoms with Crippen LogP contribution >= 0.6 is 50.7 Å². The number of halogens is 6. The number of benzene rings is 2. The largest absolute Gasteiger partial charge is 0.495 e. The Morgan fingerprint density at radius 3 is 2.33 bits per heavy atom. The fourth-order valence-electron chi connectivity index (χ4n) is 4.09. The van der Waals surface area contributed by atoms with E-state index in [0.717, 1.165) is 10.2 Å². The summed E-state index contributed by atoms with van der Waals surface area (Å²) in [4.78, 5) is 15.4. The predicted molar refractivity (Wildman–Crippen MR) is 139 cm³/mol. The molecule has 2 heterocycles. The molecule has 0 N–H and O–H groups in total. The van der Waals surface area contributed by atoms with E-state index in [9.17, 15) is 22.0 Å². The van der Waals surface area contributed by atoms with Crippen molar-refractivity contribution in [3.05, 3.63) is 52.6 Å². The molecule has 3 aromatic rings. The van der Waals surface area contributed by atoms with Crippen molar-refractivity contribution in [2.75, 3.05) is 38.2 Å². The van der Waals surface area contributed by atoms with E-state index < -0.39 is 31.7 Å². The number of hydrogen-bond acceptors (Lipinski definition) is 5. The van der Waals surface area contributed by atoms with Gasteiger partial charge in [-0.2, -0.15) is 0 Å². The number of fused-ring (bicyclic) bond motifs is 1. The van der Waals surface area contributed by atoms with Crippen LogP contribution in [0.1, 0.15) is 12.0 Å². The summed E-state index contributed by atoms with van der Waals surface area (Å²) in [5, 5.41) is 0.131. The first-order valence-electron chi connectivity index (χ1n) is 10.5. The first-order chi connectivity index (χ1) is 16.8. The first-order valence-corrected chi connectivity index (χ1v) is 13.8. The average Bonchev–Trinajstić information content (AvgIpc) is 3.22. The second-order valence-electron chi connectivity index (χ2n) is 7.96. The van der Waals surface area contributed by atoms with Crippen molar-refractivity contribution in [3.63, 3.8) is 0 Å². The number of piperazine rings is 1. The van der Waals surface area contributed by atoms with Crippen LogP contribution in [0.2, 0.25) is 0 Å². The molecule has 1 fully saturated rings. The summed E-state index contributed by atoms with van der Waals surface area (Å²) in [6.45, 7) is 1.12. The smallest absolute Gasteiger partial charge is 0.274 e. The molecule has 0 unspecified atom stereocenters. The molecule has 194 valence electrons. The molecule has 1 aromatic heterocycles. The van der Waals surface area contributed by atoms with E-state index in [4.69, 9.17) is 39.5 Å². The monoisotopic (exact) mass is 643 g/mol. The van der Waals surface area contributed by atoms with Crippen LogP contribution in [-0.2, 0) is 14.8 Å². The minimum absolute atomic E-state index is 0.112. The van der Waals surface area contributed by atoms with Crippen molar-refractivity contribution in [1.82, 2.24) is 8.87 Å². The van der Waals surface area contributed by atoms with Gasteiger partial charge in [-0.25, -0.2) is 21.2 Å². The van der Waals surface area contributed by atoms with Gasteiger partial charge in [-0.1, -0.05) is 50.7 Å². The highest BCUT2D eigenvalue weighted by atomic mass is 79.9. The maximum Gasteiger partial charge on any atom is 0.274 e. The zero-order chi connectivity index (χ0) is 26.4. The van der Waals surface area contributed by atoms with Gasteiger partial charge in [0, 0.05) is 47.8 Å². The van der Waals surface area contributed by atoms with E-state index in [1.165, 1.54) is 42.3 Å². The van der Waals surface area contributed by atoms with Gasteiger partial charge in [-0.3, -0.25) is 4.79 Å². The van der Waals surface area contributed by atoms with E-state index >= 15 is 0 Å². The summed E-state index contributed by atoms with van der Waals surface area (Å²) >= 11 is 20.4. The highest BCUT2D eigenvalue weighted by Gasteiger charge is 2.37. The maximum atomic E-state index is 13.7. The lowest BCUT2D eigenvalue weighted by Crippen LogP contribution is -2.51. The number of amides is 1. The Balaban J connectivity index is 1.71. The molecule has 1 aliphatic heterocycles. The minimum Gasteiger partial charge on any atom is -0.495 e. The Hall–Kier alpha value is -1.79. The summed E-state index contributed by atoms with van der Waals surface area (Å²) in [5.41, 5.74) is 0.205. The lowest BCUT2D eigenvalue weighted by Gasteiger charge is -2.37. The van der Waals surface area contributed by atoms with Crippen molar-refractivity contribution in [2.24, 2.45) is 0 Å². The number of ether oxygens (including phenoxy) is 1. The Morgan fingerprint density at radius 2 is 1.75 bits per heavy atom. The molecular weight excluding hydrogens is 627 g/mol. The molecule has 0 saturated carbocycles. The number of carbonyl (C=O) groups excluding carboxylic acids is 1. The third kappa shape index (κ3) is 5.13. The Morgan fingerprint density at radius 1 is 1.08 bits per heavy atom. The highest BCUT2D eigenvalue weighted by molar-refractivity contribution is 9.10. The lowest BCUT2D eigenvalue weighted by atomic mass is 10.2. The van der Waals surface area contributed by atoms with Gasteiger partial charge in [0.2, 0.25) is 0 Å². The SMILES string of the molecule is COc1ccc(S(=O)(=O)n2cc(C(F)F)c3cc(Br)ccc32)cc1N1CCN(C(=O)C(Cl)(Cl)Cl)CC1. The highest BCUT2D eigenvalue weighted by Crippen LogP contribution is 2.37. The Kier molecular flexibility index (Phi) is 7.70. The second-order valence-corrected chi connectivity index (χ2v) is 13.0. The van der Waals surface area contributed by atoms with E-state index in [0.29, 0.717) is 29.0 Å². The van der Waals surface area contributed by atoms with E-state index in [1.54, 1.807) is 6.07 Å². The Labute approximate surface area is 229 Å². The summed E-state index contributed by atoms with van der Waals surface area (Å²) < 4.78 is 59.4. The fourth-order valence-corrected chi connectivity index (χ4v) is 6.21. The number of carbonyl (C=O) groups is 1. The number of nitrogens with zero attached hydrogens (tertiary/aromatic N) is 3. The van der Waals surface area contributed by atoms with E-state index in [2.05, 4.69) is 15.9 Å². The summed E-state index contributed by atoms with van der Waals surface area (Å²) in [6.07, 6.45) is -1.92. The zero-order valence-corrected chi connectivity index (χ0v) is 23.3. The Bertz CT molecular complexity index is 1420. The number of alkyl halides is 5. The number of anilines is 1. The first kappa shape index (κ1) is 27.3. The van der Waals surface area contributed by atoms with Crippen LogP contribution in [0.25, 0.3) is 10.9 Å². The van der Waals surface area contributed by atoms with Crippen molar-refractivity contribution in [3.8, 4) is 5.75 Å². The van der Waals surface area contributed by atoms with Gasteiger partial charge in [-0.15, -0.1) is 0 Å². The molecule has 1 saturated heterocycles. The molecule has 0 radical (unpaired) electrons. The van der Waals surface area contributed by atoms with Gasteiger partial charge >= 0.3 is 0 Å². The molecule has 1 amide bonds. The number of aromatic nitrogens is 1. The zero-order valence-electron chi connectivity index (χ0n) is 18.6. The molecule has 36 heavy (non-hydrogen) atoms. The summed E-state index contributed by atoms with van der Waals surface area (Å²) in [6, 6.07) is 8.78. The lowest BCUT2D eigenvalue weighted by molar-refractivity contribution is -0.130. The third-order valence-electron chi connectivity index (χ3n) is 5.86. The summed E-state index contributed by atoms with van der Waals surface area (Å²) in [7, 11) is -2.81. The number of rotatable bonds is 5. The van der Waals surface area contributed by atoms with Crippen LogP contribution in [0.3, 0.4) is 0 Å². The maximum absolute atomic E-state index is 13.7.